The number of ether oxygens (including phenoxy) is 1. The summed E-state index contributed by atoms with van der Waals surface area (Å²) in [4.78, 5) is 24.3. The Balaban J connectivity index is 2.27. The predicted molar refractivity (Wildman–Crippen MR) is 86.3 cm³/mol. The Bertz CT molecular complexity index is 683. The summed E-state index contributed by atoms with van der Waals surface area (Å²) in [7, 11) is 1.75. The minimum Gasteiger partial charge on any atom is -0.462 e. The minimum absolute atomic E-state index is 0.281. The highest BCUT2D eigenvalue weighted by molar-refractivity contribution is 6.10. The number of hydrogen-bond acceptors (Lipinski definition) is 4. The van der Waals surface area contributed by atoms with E-state index >= 15 is 0 Å². The van der Waals surface area contributed by atoms with Crippen LogP contribution >= 0.6 is 0 Å². The highest BCUT2D eigenvalue weighted by Crippen LogP contribution is 2.20. The number of nitrogens with one attached hydrogen (secondary N) is 2. The van der Waals surface area contributed by atoms with Crippen molar-refractivity contribution in [3.63, 3.8) is 0 Å². The summed E-state index contributed by atoms with van der Waals surface area (Å²) < 4.78 is 5.00. The van der Waals surface area contributed by atoms with Gasteiger partial charge in [0.15, 0.2) is 0 Å². The van der Waals surface area contributed by atoms with Crippen molar-refractivity contribution in [1.82, 2.24) is 0 Å². The van der Waals surface area contributed by atoms with Gasteiger partial charge in [-0.25, -0.2) is 4.79 Å². The molecule has 0 aliphatic heterocycles. The lowest BCUT2D eigenvalue weighted by atomic mass is 10.1. The molecule has 0 spiro atoms. The zero-order valence-electron chi connectivity index (χ0n) is 12.6. The third-order valence-electron chi connectivity index (χ3n) is 3.11. The summed E-state index contributed by atoms with van der Waals surface area (Å²) >= 11 is 0. The van der Waals surface area contributed by atoms with E-state index < -0.39 is 5.97 Å². The van der Waals surface area contributed by atoms with E-state index in [-0.39, 0.29) is 12.5 Å². The first kappa shape index (κ1) is 15.6. The molecule has 2 rings (SSSR count). The number of hydrogen-bond donors (Lipinski definition) is 2. The summed E-state index contributed by atoms with van der Waals surface area (Å²) in [6.07, 6.45) is 0. The molecule has 0 unspecified atom stereocenters. The summed E-state index contributed by atoms with van der Waals surface area (Å²) in [5, 5.41) is 5.73. The second-order valence-corrected chi connectivity index (χ2v) is 4.52. The van der Waals surface area contributed by atoms with Gasteiger partial charge >= 0.3 is 5.97 Å². The molecule has 22 heavy (non-hydrogen) atoms. The van der Waals surface area contributed by atoms with E-state index in [1.807, 2.05) is 12.1 Å². The Morgan fingerprint density at radius 3 is 2.18 bits per heavy atom. The summed E-state index contributed by atoms with van der Waals surface area (Å²) in [6.45, 7) is 2.02. The maximum Gasteiger partial charge on any atom is 0.340 e. The van der Waals surface area contributed by atoms with Crippen LogP contribution in [-0.4, -0.2) is 25.5 Å². The quantitative estimate of drug-likeness (QED) is 0.832. The van der Waals surface area contributed by atoms with Gasteiger partial charge in [-0.05, 0) is 31.2 Å². The van der Waals surface area contributed by atoms with Crippen molar-refractivity contribution >= 4 is 23.3 Å². The zero-order chi connectivity index (χ0) is 15.9. The van der Waals surface area contributed by atoms with Gasteiger partial charge < -0.3 is 15.4 Å². The monoisotopic (exact) mass is 298 g/mol. The van der Waals surface area contributed by atoms with Crippen molar-refractivity contribution in [2.75, 3.05) is 24.3 Å². The number of anilines is 2. The van der Waals surface area contributed by atoms with Crippen molar-refractivity contribution in [3.8, 4) is 0 Å². The largest absolute Gasteiger partial charge is 0.462 e. The van der Waals surface area contributed by atoms with Gasteiger partial charge in [-0.15, -0.1) is 0 Å². The third kappa shape index (κ3) is 3.44. The van der Waals surface area contributed by atoms with Crippen LogP contribution in [0.1, 0.15) is 27.6 Å². The van der Waals surface area contributed by atoms with E-state index in [0.29, 0.717) is 22.5 Å². The molecule has 5 heteroatoms. The van der Waals surface area contributed by atoms with Crippen LogP contribution in [0.4, 0.5) is 11.4 Å². The van der Waals surface area contributed by atoms with Crippen LogP contribution in [0.25, 0.3) is 0 Å². The molecule has 114 valence electrons. The number of para-hydroxylation sites is 2. The maximum absolute atomic E-state index is 12.4. The van der Waals surface area contributed by atoms with Crippen molar-refractivity contribution < 1.29 is 14.3 Å². The molecule has 0 radical (unpaired) electrons. The number of amides is 1. The van der Waals surface area contributed by atoms with E-state index in [1.165, 1.54) is 0 Å². The van der Waals surface area contributed by atoms with E-state index in [9.17, 15) is 9.59 Å². The summed E-state index contributed by atoms with van der Waals surface area (Å²) in [5.41, 5.74) is 1.98. The second-order valence-electron chi connectivity index (χ2n) is 4.52. The van der Waals surface area contributed by atoms with Gasteiger partial charge in [-0.2, -0.15) is 0 Å². The third-order valence-corrected chi connectivity index (χ3v) is 3.11. The Labute approximate surface area is 129 Å². The van der Waals surface area contributed by atoms with Crippen LogP contribution in [0.15, 0.2) is 48.5 Å². The lowest BCUT2D eigenvalue weighted by Gasteiger charge is -2.12. The zero-order valence-corrected chi connectivity index (χ0v) is 12.6. The molecule has 0 bridgehead atoms. The van der Waals surface area contributed by atoms with Crippen LogP contribution in [0.5, 0.6) is 0 Å². The SMILES string of the molecule is CCOC(=O)c1ccccc1NC(=O)c1ccccc1NC. The number of rotatable bonds is 5. The highest BCUT2D eigenvalue weighted by atomic mass is 16.5. The topological polar surface area (TPSA) is 67.4 Å². The Morgan fingerprint density at radius 2 is 1.55 bits per heavy atom. The first-order valence-electron chi connectivity index (χ1n) is 7.01. The molecule has 0 fully saturated rings. The first-order chi connectivity index (χ1) is 10.7. The Kier molecular flexibility index (Phi) is 5.14. The van der Waals surface area contributed by atoms with Crippen molar-refractivity contribution in [1.29, 1.82) is 0 Å². The molecule has 0 aliphatic rings. The van der Waals surface area contributed by atoms with E-state index in [0.717, 1.165) is 0 Å². The van der Waals surface area contributed by atoms with Crippen LogP contribution in [0.2, 0.25) is 0 Å². The molecule has 0 aliphatic carbocycles. The number of carbonyl (C=O) groups excluding carboxylic acids is 2. The van der Waals surface area contributed by atoms with Crippen molar-refractivity contribution in [2.24, 2.45) is 0 Å². The Morgan fingerprint density at radius 1 is 0.955 bits per heavy atom. The van der Waals surface area contributed by atoms with Gasteiger partial charge in [0.2, 0.25) is 0 Å². The lowest BCUT2D eigenvalue weighted by Crippen LogP contribution is -2.17. The average molecular weight is 298 g/mol. The van der Waals surface area contributed by atoms with Crippen LogP contribution in [-0.2, 0) is 4.74 Å². The fourth-order valence-corrected chi connectivity index (χ4v) is 2.07. The molecule has 0 saturated carbocycles. The molecule has 2 N–H and O–H groups in total. The summed E-state index contributed by atoms with van der Waals surface area (Å²) in [6, 6.07) is 13.9. The highest BCUT2D eigenvalue weighted by Gasteiger charge is 2.16. The minimum atomic E-state index is -0.458. The fourth-order valence-electron chi connectivity index (χ4n) is 2.07. The molecular formula is C17H18N2O3. The second kappa shape index (κ2) is 7.26. The molecule has 0 atom stereocenters. The summed E-state index contributed by atoms with van der Waals surface area (Å²) in [5.74, 6) is -0.748. The first-order valence-corrected chi connectivity index (χ1v) is 7.01. The normalized spacial score (nSPS) is 9.91. The van der Waals surface area contributed by atoms with Gasteiger partial charge in [-0.3, -0.25) is 4.79 Å². The molecule has 0 aromatic heterocycles. The van der Waals surface area contributed by atoms with Gasteiger partial charge in [0, 0.05) is 12.7 Å². The molecule has 5 nitrogen and oxygen atoms in total. The molecule has 2 aromatic carbocycles. The van der Waals surface area contributed by atoms with E-state index in [4.69, 9.17) is 4.74 Å². The lowest BCUT2D eigenvalue weighted by molar-refractivity contribution is 0.0527. The standard InChI is InChI=1S/C17H18N2O3/c1-3-22-17(21)13-9-5-7-11-15(13)19-16(20)12-8-4-6-10-14(12)18-2/h4-11,18H,3H2,1-2H3,(H,19,20). The fraction of sp³-hybridized carbons (Fsp3) is 0.176. The maximum atomic E-state index is 12.4. The predicted octanol–water partition coefficient (Wildman–Crippen LogP) is 3.16. The van der Waals surface area contributed by atoms with Crippen LogP contribution < -0.4 is 10.6 Å². The van der Waals surface area contributed by atoms with E-state index in [2.05, 4.69) is 10.6 Å². The molecule has 0 saturated heterocycles. The van der Waals surface area contributed by atoms with E-state index in [1.54, 1.807) is 50.4 Å². The van der Waals surface area contributed by atoms with Crippen LogP contribution in [0, 0.1) is 0 Å². The average Bonchev–Trinajstić information content (AvgIpc) is 2.55. The smallest absolute Gasteiger partial charge is 0.340 e. The molecule has 1 amide bonds. The van der Waals surface area contributed by atoms with Crippen molar-refractivity contribution in [2.45, 2.75) is 6.92 Å². The van der Waals surface area contributed by atoms with Gasteiger partial charge in [0.05, 0.1) is 23.4 Å². The number of esters is 1. The number of carbonyl (C=O) groups is 2. The van der Waals surface area contributed by atoms with Gasteiger partial charge in [0.1, 0.15) is 0 Å². The van der Waals surface area contributed by atoms with Crippen LogP contribution in [0.3, 0.4) is 0 Å². The van der Waals surface area contributed by atoms with Crippen molar-refractivity contribution in [3.05, 3.63) is 59.7 Å². The number of benzene rings is 2. The Hall–Kier alpha value is -2.82. The molecule has 2 aromatic rings. The van der Waals surface area contributed by atoms with Gasteiger partial charge in [-0.1, -0.05) is 24.3 Å². The molecule has 0 heterocycles. The van der Waals surface area contributed by atoms with Gasteiger partial charge in [0.25, 0.3) is 5.91 Å². The molecular weight excluding hydrogens is 280 g/mol.